The van der Waals surface area contributed by atoms with Crippen molar-refractivity contribution in [3.8, 4) is 16.9 Å². The Morgan fingerprint density at radius 3 is 2.56 bits per heavy atom. The van der Waals surface area contributed by atoms with Crippen LogP contribution < -0.4 is 10.5 Å². The molecule has 3 heteroatoms. The first kappa shape index (κ1) is 12.6. The Bertz CT molecular complexity index is 566. The topological polar surface area (TPSA) is 35.2 Å². The summed E-state index contributed by atoms with van der Waals surface area (Å²) < 4.78 is 18.6. The number of hydrogen-bond donors (Lipinski definition) is 1. The molecule has 0 saturated heterocycles. The fraction of sp³-hybridized carbons (Fsp3) is 0.200. The Labute approximate surface area is 106 Å². The number of rotatable bonds is 3. The monoisotopic (exact) mass is 245 g/mol. The molecule has 2 N–H and O–H groups in total. The van der Waals surface area contributed by atoms with Gasteiger partial charge in [-0.15, -0.1) is 0 Å². The van der Waals surface area contributed by atoms with Crippen molar-refractivity contribution in [2.45, 2.75) is 13.5 Å². The minimum Gasteiger partial charge on any atom is -0.494 e. The zero-order valence-corrected chi connectivity index (χ0v) is 10.5. The molecule has 2 aromatic rings. The minimum atomic E-state index is -0.354. The maximum atomic E-state index is 13.7. The zero-order valence-electron chi connectivity index (χ0n) is 10.5. The average molecular weight is 245 g/mol. The second-order valence-corrected chi connectivity index (χ2v) is 4.20. The summed E-state index contributed by atoms with van der Waals surface area (Å²) in [5.74, 6) is -0.0982. The summed E-state index contributed by atoms with van der Waals surface area (Å²) in [4.78, 5) is 0. The SMILES string of the molecule is COc1ccc(-c2cc(CN)ccc2C)cc1F. The average Bonchev–Trinajstić information content (AvgIpc) is 2.39. The molecule has 0 aliphatic carbocycles. The number of ether oxygens (including phenoxy) is 1. The molecule has 18 heavy (non-hydrogen) atoms. The third-order valence-electron chi connectivity index (χ3n) is 3.00. The lowest BCUT2D eigenvalue weighted by Crippen LogP contribution is -1.97. The van der Waals surface area contributed by atoms with E-state index >= 15 is 0 Å². The second-order valence-electron chi connectivity index (χ2n) is 4.20. The van der Waals surface area contributed by atoms with Crippen LogP contribution in [0.1, 0.15) is 11.1 Å². The molecule has 0 aliphatic heterocycles. The third-order valence-corrected chi connectivity index (χ3v) is 3.00. The molecule has 0 radical (unpaired) electrons. The highest BCUT2D eigenvalue weighted by Gasteiger charge is 2.07. The predicted octanol–water partition coefficient (Wildman–Crippen LogP) is 3.27. The highest BCUT2D eigenvalue weighted by Crippen LogP contribution is 2.28. The van der Waals surface area contributed by atoms with E-state index in [0.29, 0.717) is 6.54 Å². The Hall–Kier alpha value is -1.87. The van der Waals surface area contributed by atoms with Crippen LogP contribution in [-0.4, -0.2) is 7.11 Å². The van der Waals surface area contributed by atoms with Gasteiger partial charge in [0.05, 0.1) is 7.11 Å². The number of methoxy groups -OCH3 is 1. The van der Waals surface area contributed by atoms with E-state index in [0.717, 1.165) is 22.3 Å². The molecule has 2 aromatic carbocycles. The van der Waals surface area contributed by atoms with E-state index in [9.17, 15) is 4.39 Å². The molecule has 0 spiro atoms. The molecule has 0 heterocycles. The van der Waals surface area contributed by atoms with Crippen LogP contribution >= 0.6 is 0 Å². The van der Waals surface area contributed by atoms with Crippen LogP contribution in [0.2, 0.25) is 0 Å². The minimum absolute atomic E-state index is 0.256. The van der Waals surface area contributed by atoms with E-state index in [-0.39, 0.29) is 11.6 Å². The van der Waals surface area contributed by atoms with Crippen molar-refractivity contribution in [1.29, 1.82) is 0 Å². The summed E-state index contributed by atoms with van der Waals surface area (Å²) in [6.45, 7) is 2.48. The molecule has 94 valence electrons. The van der Waals surface area contributed by atoms with Gasteiger partial charge in [0.1, 0.15) is 0 Å². The molecule has 0 fully saturated rings. The third kappa shape index (κ3) is 2.36. The number of halogens is 1. The smallest absolute Gasteiger partial charge is 0.165 e. The van der Waals surface area contributed by atoms with Gasteiger partial charge >= 0.3 is 0 Å². The molecule has 0 unspecified atom stereocenters. The molecular formula is C15H16FNO. The molecule has 0 bridgehead atoms. The van der Waals surface area contributed by atoms with Gasteiger partial charge in [-0.2, -0.15) is 0 Å². The first-order valence-electron chi connectivity index (χ1n) is 5.79. The normalized spacial score (nSPS) is 10.4. The van der Waals surface area contributed by atoms with Gasteiger partial charge in [0.15, 0.2) is 11.6 Å². The van der Waals surface area contributed by atoms with Crippen LogP contribution in [0.5, 0.6) is 5.75 Å². The van der Waals surface area contributed by atoms with E-state index in [1.165, 1.54) is 13.2 Å². The first-order valence-corrected chi connectivity index (χ1v) is 5.79. The van der Waals surface area contributed by atoms with Gasteiger partial charge in [0.2, 0.25) is 0 Å². The van der Waals surface area contributed by atoms with E-state index in [4.69, 9.17) is 10.5 Å². The van der Waals surface area contributed by atoms with E-state index in [1.54, 1.807) is 6.07 Å². The molecular weight excluding hydrogens is 229 g/mol. The Morgan fingerprint density at radius 1 is 1.17 bits per heavy atom. The van der Waals surface area contributed by atoms with Crippen molar-refractivity contribution in [2.75, 3.05) is 7.11 Å². The molecule has 2 rings (SSSR count). The largest absolute Gasteiger partial charge is 0.494 e. The molecule has 0 aromatic heterocycles. The van der Waals surface area contributed by atoms with Crippen LogP contribution in [0.4, 0.5) is 4.39 Å². The van der Waals surface area contributed by atoms with Crippen LogP contribution in [0.25, 0.3) is 11.1 Å². The quantitative estimate of drug-likeness (QED) is 0.900. The maximum Gasteiger partial charge on any atom is 0.165 e. The number of hydrogen-bond acceptors (Lipinski definition) is 2. The predicted molar refractivity (Wildman–Crippen MR) is 71.0 cm³/mol. The Morgan fingerprint density at radius 2 is 1.94 bits per heavy atom. The number of aryl methyl sites for hydroxylation is 1. The Kier molecular flexibility index (Phi) is 3.63. The molecule has 0 aliphatic rings. The van der Waals surface area contributed by atoms with Gasteiger partial charge in [0.25, 0.3) is 0 Å². The van der Waals surface area contributed by atoms with Crippen molar-refractivity contribution in [3.63, 3.8) is 0 Å². The number of nitrogens with two attached hydrogens (primary N) is 1. The highest BCUT2D eigenvalue weighted by molar-refractivity contribution is 5.68. The summed E-state index contributed by atoms with van der Waals surface area (Å²) in [5.41, 5.74) is 9.59. The van der Waals surface area contributed by atoms with E-state index in [1.807, 2.05) is 31.2 Å². The zero-order chi connectivity index (χ0) is 13.1. The van der Waals surface area contributed by atoms with Gasteiger partial charge in [-0.05, 0) is 47.4 Å². The van der Waals surface area contributed by atoms with Crippen molar-refractivity contribution in [1.82, 2.24) is 0 Å². The molecule has 0 amide bonds. The fourth-order valence-corrected chi connectivity index (χ4v) is 1.94. The summed E-state index contributed by atoms with van der Waals surface area (Å²) in [5, 5.41) is 0. The van der Waals surface area contributed by atoms with Crippen LogP contribution in [0.3, 0.4) is 0 Å². The van der Waals surface area contributed by atoms with Crippen LogP contribution in [0.15, 0.2) is 36.4 Å². The highest BCUT2D eigenvalue weighted by atomic mass is 19.1. The van der Waals surface area contributed by atoms with Gasteiger partial charge < -0.3 is 10.5 Å². The van der Waals surface area contributed by atoms with E-state index in [2.05, 4.69) is 0 Å². The van der Waals surface area contributed by atoms with Gasteiger partial charge in [-0.25, -0.2) is 4.39 Å². The van der Waals surface area contributed by atoms with Gasteiger partial charge in [-0.1, -0.05) is 18.2 Å². The lowest BCUT2D eigenvalue weighted by molar-refractivity contribution is 0.386. The number of benzene rings is 2. The molecule has 0 atom stereocenters. The van der Waals surface area contributed by atoms with Crippen molar-refractivity contribution in [2.24, 2.45) is 5.73 Å². The van der Waals surface area contributed by atoms with Gasteiger partial charge in [0, 0.05) is 6.54 Å². The Balaban J connectivity index is 2.51. The fourth-order valence-electron chi connectivity index (χ4n) is 1.94. The lowest BCUT2D eigenvalue weighted by Gasteiger charge is -2.10. The first-order chi connectivity index (χ1) is 8.65. The molecule has 2 nitrogen and oxygen atoms in total. The second kappa shape index (κ2) is 5.19. The maximum absolute atomic E-state index is 13.7. The summed E-state index contributed by atoms with van der Waals surface area (Å²) in [6, 6.07) is 11.0. The summed E-state index contributed by atoms with van der Waals surface area (Å²) in [7, 11) is 1.46. The summed E-state index contributed by atoms with van der Waals surface area (Å²) in [6.07, 6.45) is 0. The van der Waals surface area contributed by atoms with Crippen molar-refractivity contribution >= 4 is 0 Å². The van der Waals surface area contributed by atoms with Gasteiger partial charge in [-0.3, -0.25) is 0 Å². The van der Waals surface area contributed by atoms with Crippen molar-refractivity contribution in [3.05, 3.63) is 53.3 Å². The summed E-state index contributed by atoms with van der Waals surface area (Å²) >= 11 is 0. The van der Waals surface area contributed by atoms with Crippen LogP contribution in [-0.2, 0) is 6.54 Å². The lowest BCUT2D eigenvalue weighted by atomic mass is 9.98. The van der Waals surface area contributed by atoms with Crippen molar-refractivity contribution < 1.29 is 9.13 Å². The molecule has 0 saturated carbocycles. The standard InChI is InChI=1S/C15H16FNO/c1-10-3-4-11(9-17)7-13(10)12-5-6-15(18-2)14(16)8-12/h3-8H,9,17H2,1-2H3. The van der Waals surface area contributed by atoms with Crippen LogP contribution in [0, 0.1) is 12.7 Å². The van der Waals surface area contributed by atoms with E-state index < -0.39 is 0 Å².